The molecule has 1 aliphatic rings. The molecule has 0 bridgehead atoms. The molecule has 9 heteroatoms. The minimum absolute atomic E-state index is 0.0104. The number of aryl methyl sites for hydroxylation is 1. The summed E-state index contributed by atoms with van der Waals surface area (Å²) in [7, 11) is -1.95. The molecular weight excluding hydrogens is 384 g/mol. The zero-order valence-electron chi connectivity index (χ0n) is 14.3. The molecule has 0 spiro atoms. The van der Waals surface area contributed by atoms with Gasteiger partial charge in [0.05, 0.1) is 10.6 Å². The van der Waals surface area contributed by atoms with Gasteiger partial charge in [0.25, 0.3) is 5.91 Å². The number of anilines is 1. The molecule has 1 amide bonds. The Morgan fingerprint density at radius 1 is 1.19 bits per heavy atom. The maximum atomic E-state index is 12.8. The highest BCUT2D eigenvalue weighted by molar-refractivity contribution is 7.98. The Bertz CT molecular complexity index is 1150. The number of thioether (sulfide) groups is 1. The fourth-order valence-electron chi connectivity index (χ4n) is 3.08. The molecule has 0 radical (unpaired) electrons. The van der Waals surface area contributed by atoms with Crippen LogP contribution in [0.1, 0.15) is 16.1 Å². The summed E-state index contributed by atoms with van der Waals surface area (Å²) in [6.45, 7) is 0. The predicted octanol–water partition coefficient (Wildman–Crippen LogP) is 2.59. The highest BCUT2D eigenvalue weighted by Crippen LogP contribution is 2.42. The van der Waals surface area contributed by atoms with E-state index in [4.69, 9.17) is 5.14 Å². The van der Waals surface area contributed by atoms with Crippen LogP contribution >= 0.6 is 11.8 Å². The molecule has 0 atom stereocenters. The minimum Gasteiger partial charge on any atom is -0.321 e. The summed E-state index contributed by atoms with van der Waals surface area (Å²) in [6, 6.07) is 13.7. The van der Waals surface area contributed by atoms with E-state index in [1.54, 1.807) is 16.4 Å². The van der Waals surface area contributed by atoms with Crippen molar-refractivity contribution in [2.24, 2.45) is 12.2 Å². The van der Waals surface area contributed by atoms with Crippen LogP contribution in [0.5, 0.6) is 0 Å². The molecule has 7 nitrogen and oxygen atoms in total. The molecule has 0 unspecified atom stereocenters. The number of nitrogens with zero attached hydrogens (tertiary/aromatic N) is 2. The topological polar surface area (TPSA) is 107 Å². The number of rotatable bonds is 3. The number of hydrogen-bond acceptors (Lipinski definition) is 5. The van der Waals surface area contributed by atoms with Crippen LogP contribution in [0.15, 0.2) is 58.3 Å². The van der Waals surface area contributed by atoms with Crippen LogP contribution in [0, 0.1) is 0 Å². The number of benzene rings is 2. The van der Waals surface area contributed by atoms with Gasteiger partial charge in [0, 0.05) is 34.5 Å². The van der Waals surface area contributed by atoms with Crippen LogP contribution in [0.2, 0.25) is 0 Å². The first-order chi connectivity index (χ1) is 12.8. The van der Waals surface area contributed by atoms with E-state index < -0.39 is 10.0 Å². The SMILES string of the molecule is Cn1nc(C(=O)Nc2ccc(S(N)(=O)=O)cc2)c2c1-c1ccccc1SC2. The molecule has 0 fully saturated rings. The van der Waals surface area contributed by atoms with Crippen molar-refractivity contribution in [2.45, 2.75) is 15.5 Å². The number of nitrogens with two attached hydrogens (primary N) is 1. The minimum atomic E-state index is -3.77. The smallest absolute Gasteiger partial charge is 0.276 e. The molecule has 3 N–H and O–H groups in total. The van der Waals surface area contributed by atoms with Crippen LogP contribution < -0.4 is 10.5 Å². The van der Waals surface area contributed by atoms with E-state index in [1.807, 2.05) is 25.2 Å². The number of sulfonamides is 1. The van der Waals surface area contributed by atoms with Gasteiger partial charge in [-0.3, -0.25) is 9.48 Å². The van der Waals surface area contributed by atoms with Crippen LogP contribution in [0.25, 0.3) is 11.3 Å². The second-order valence-corrected chi connectivity index (χ2v) is 8.69. The van der Waals surface area contributed by atoms with Gasteiger partial charge in [0.1, 0.15) is 0 Å². The van der Waals surface area contributed by atoms with Crippen molar-refractivity contribution >= 4 is 33.4 Å². The number of fused-ring (bicyclic) bond motifs is 3. The Morgan fingerprint density at radius 2 is 1.89 bits per heavy atom. The number of aromatic nitrogens is 2. The fourth-order valence-corrected chi connectivity index (χ4v) is 4.66. The van der Waals surface area contributed by atoms with Crippen molar-refractivity contribution in [3.8, 4) is 11.3 Å². The van der Waals surface area contributed by atoms with E-state index in [2.05, 4.69) is 16.5 Å². The van der Waals surface area contributed by atoms with E-state index in [-0.39, 0.29) is 10.8 Å². The summed E-state index contributed by atoms with van der Waals surface area (Å²) >= 11 is 1.67. The van der Waals surface area contributed by atoms with Crippen molar-refractivity contribution in [3.05, 3.63) is 59.8 Å². The highest BCUT2D eigenvalue weighted by atomic mass is 32.2. The molecule has 27 heavy (non-hydrogen) atoms. The molecule has 4 rings (SSSR count). The summed E-state index contributed by atoms with van der Waals surface area (Å²) in [6.07, 6.45) is 0. The van der Waals surface area contributed by atoms with E-state index in [1.165, 1.54) is 29.2 Å². The van der Waals surface area contributed by atoms with Crippen LogP contribution in [0.4, 0.5) is 5.69 Å². The van der Waals surface area contributed by atoms with Gasteiger partial charge in [0.2, 0.25) is 10.0 Å². The zero-order chi connectivity index (χ0) is 19.2. The summed E-state index contributed by atoms with van der Waals surface area (Å²) in [5.41, 5.74) is 3.73. The molecule has 2 heterocycles. The number of primary sulfonamides is 1. The maximum absolute atomic E-state index is 12.8. The molecular formula is C18H16N4O3S2. The summed E-state index contributed by atoms with van der Waals surface area (Å²) in [5, 5.41) is 12.3. The normalized spacial score (nSPS) is 13.0. The molecule has 138 valence electrons. The van der Waals surface area contributed by atoms with Gasteiger partial charge in [-0.25, -0.2) is 13.6 Å². The number of nitrogens with one attached hydrogen (secondary N) is 1. The van der Waals surface area contributed by atoms with Gasteiger partial charge in [-0.2, -0.15) is 5.10 Å². The predicted molar refractivity (Wildman–Crippen MR) is 104 cm³/mol. The Kier molecular flexibility index (Phi) is 4.29. The van der Waals surface area contributed by atoms with Crippen LogP contribution in [-0.2, 0) is 22.8 Å². The largest absolute Gasteiger partial charge is 0.321 e. The van der Waals surface area contributed by atoms with Crippen molar-refractivity contribution < 1.29 is 13.2 Å². The lowest BCUT2D eigenvalue weighted by Crippen LogP contribution is -2.15. The number of hydrogen-bond donors (Lipinski definition) is 2. The maximum Gasteiger partial charge on any atom is 0.276 e. The van der Waals surface area contributed by atoms with Gasteiger partial charge in [0.15, 0.2) is 5.69 Å². The Morgan fingerprint density at radius 3 is 2.59 bits per heavy atom. The molecule has 0 saturated heterocycles. The van der Waals surface area contributed by atoms with E-state index in [9.17, 15) is 13.2 Å². The third-order valence-electron chi connectivity index (χ3n) is 4.32. The third-order valence-corrected chi connectivity index (χ3v) is 6.34. The van der Waals surface area contributed by atoms with Gasteiger partial charge in [-0.05, 0) is 30.3 Å². The molecule has 3 aromatic rings. The number of carbonyl (C=O) groups is 1. The highest BCUT2D eigenvalue weighted by Gasteiger charge is 2.27. The van der Waals surface area contributed by atoms with Crippen molar-refractivity contribution in [2.75, 3.05) is 5.32 Å². The molecule has 0 saturated carbocycles. The van der Waals surface area contributed by atoms with E-state index >= 15 is 0 Å². The van der Waals surface area contributed by atoms with Gasteiger partial charge in [-0.15, -0.1) is 11.8 Å². The quantitative estimate of drug-likeness (QED) is 0.703. The Labute approximate surface area is 160 Å². The van der Waals surface area contributed by atoms with Crippen molar-refractivity contribution in [3.63, 3.8) is 0 Å². The van der Waals surface area contributed by atoms with Crippen molar-refractivity contribution in [1.82, 2.24) is 9.78 Å². The van der Waals surface area contributed by atoms with Gasteiger partial charge >= 0.3 is 0 Å². The molecule has 0 aliphatic carbocycles. The van der Waals surface area contributed by atoms with E-state index in [0.717, 1.165) is 16.8 Å². The monoisotopic (exact) mass is 400 g/mol. The number of carbonyl (C=O) groups excluding carboxylic acids is 1. The second kappa shape index (κ2) is 6.52. The third kappa shape index (κ3) is 3.25. The average Bonchev–Trinajstić information content (AvgIpc) is 2.99. The fraction of sp³-hybridized carbons (Fsp3) is 0.111. The van der Waals surface area contributed by atoms with Crippen LogP contribution in [0.3, 0.4) is 0 Å². The standard InChI is InChI=1S/C18H16N4O3S2/c1-22-17-13-4-2-3-5-15(13)26-10-14(17)16(21-22)18(23)20-11-6-8-12(9-7-11)27(19,24)25/h2-9H,10H2,1H3,(H,20,23)(H2,19,24,25). The average molecular weight is 400 g/mol. The molecule has 2 aromatic carbocycles. The lowest BCUT2D eigenvalue weighted by atomic mass is 10.1. The first-order valence-corrected chi connectivity index (χ1v) is 10.6. The Hall–Kier alpha value is -2.62. The summed E-state index contributed by atoms with van der Waals surface area (Å²) in [4.78, 5) is 13.9. The first-order valence-electron chi connectivity index (χ1n) is 8.07. The molecule has 1 aromatic heterocycles. The van der Waals surface area contributed by atoms with Crippen molar-refractivity contribution in [1.29, 1.82) is 0 Å². The van der Waals surface area contributed by atoms with Gasteiger partial charge < -0.3 is 5.32 Å². The molecule has 1 aliphatic heterocycles. The summed E-state index contributed by atoms with van der Waals surface area (Å²) < 4.78 is 24.4. The second-order valence-electron chi connectivity index (χ2n) is 6.11. The Balaban J connectivity index is 1.65. The lowest BCUT2D eigenvalue weighted by molar-refractivity contribution is 0.102. The number of amides is 1. The van der Waals surface area contributed by atoms with Crippen LogP contribution in [-0.4, -0.2) is 24.1 Å². The first kappa shape index (κ1) is 17.8. The summed E-state index contributed by atoms with van der Waals surface area (Å²) in [5.74, 6) is 0.322. The zero-order valence-corrected chi connectivity index (χ0v) is 16.0. The van der Waals surface area contributed by atoms with E-state index in [0.29, 0.717) is 17.1 Å². The van der Waals surface area contributed by atoms with Gasteiger partial charge in [-0.1, -0.05) is 18.2 Å². The lowest BCUT2D eigenvalue weighted by Gasteiger charge is -2.17.